The summed E-state index contributed by atoms with van der Waals surface area (Å²) in [6.07, 6.45) is 1.18. The Bertz CT molecular complexity index is 1260. The molecule has 0 spiro atoms. The van der Waals surface area contributed by atoms with Crippen LogP contribution in [0.2, 0.25) is 10.0 Å². The lowest BCUT2D eigenvalue weighted by Crippen LogP contribution is -2.36. The molecule has 6 nitrogen and oxygen atoms in total. The molecule has 5 rings (SSSR count). The number of hydrogen-bond donors (Lipinski definition) is 2. The number of fused-ring (bicyclic) bond motifs is 1. The largest absolute Gasteiger partial charge is 0.508 e. The number of phenolic OH excluding ortho intramolecular Hbond substituents is 1. The van der Waals surface area contributed by atoms with E-state index in [1.807, 2.05) is 12.1 Å². The van der Waals surface area contributed by atoms with Crippen molar-refractivity contribution in [1.29, 1.82) is 0 Å². The van der Waals surface area contributed by atoms with Crippen LogP contribution < -0.4 is 5.32 Å². The number of Topliss-reactive ketones (excluding diaryl/α,β-unsaturated/α-hetero) is 1. The number of carbonyl (C=O) groups is 1. The van der Waals surface area contributed by atoms with Crippen molar-refractivity contribution in [1.82, 2.24) is 14.8 Å². The molecule has 0 fully saturated rings. The molecule has 0 saturated heterocycles. The van der Waals surface area contributed by atoms with Crippen LogP contribution in [-0.2, 0) is 4.79 Å². The number of allylic oxidation sites excluding steroid dienone is 2. The lowest BCUT2D eigenvalue weighted by atomic mass is 9.73. The molecule has 2 N–H and O–H groups in total. The minimum atomic E-state index is -0.469. The molecular weight excluding hydrogens is 435 g/mol. The van der Waals surface area contributed by atoms with Crippen molar-refractivity contribution in [3.63, 3.8) is 0 Å². The molecule has 1 aliphatic heterocycles. The van der Waals surface area contributed by atoms with Gasteiger partial charge in [0.15, 0.2) is 11.6 Å². The smallest absolute Gasteiger partial charge is 0.226 e. The van der Waals surface area contributed by atoms with Crippen LogP contribution in [0.5, 0.6) is 5.75 Å². The molecule has 1 aliphatic carbocycles. The molecule has 2 aliphatic rings. The predicted molar refractivity (Wildman–Crippen MR) is 120 cm³/mol. The zero-order valence-corrected chi connectivity index (χ0v) is 18.5. The van der Waals surface area contributed by atoms with Crippen molar-refractivity contribution >= 4 is 34.9 Å². The zero-order valence-electron chi connectivity index (χ0n) is 17.0. The number of carbonyl (C=O) groups excluding carboxylic acids is 1. The van der Waals surface area contributed by atoms with Crippen molar-refractivity contribution in [2.75, 3.05) is 5.32 Å². The Morgan fingerprint density at radius 3 is 2.68 bits per heavy atom. The highest BCUT2D eigenvalue weighted by molar-refractivity contribution is 6.42. The summed E-state index contributed by atoms with van der Waals surface area (Å²) >= 11 is 12.5. The van der Waals surface area contributed by atoms with Crippen LogP contribution in [0, 0.1) is 5.41 Å². The first-order chi connectivity index (χ1) is 14.7. The standard InChI is InChI=1S/C23H20Cl2N4O2/c1-23(2)10-17-19(18(31)11-23)20(12-6-7-15(24)16(25)9-12)29-22(26-17)27-21(28-29)13-4-3-5-14(30)8-13/h3-9,20,30H,10-11H2,1-2H3,(H,26,27,28). The number of benzene rings is 2. The lowest BCUT2D eigenvalue weighted by molar-refractivity contribution is -0.118. The average Bonchev–Trinajstić information content (AvgIpc) is 3.11. The van der Waals surface area contributed by atoms with Gasteiger partial charge >= 0.3 is 0 Å². The first kappa shape index (κ1) is 20.1. The highest BCUT2D eigenvalue weighted by atomic mass is 35.5. The maximum absolute atomic E-state index is 13.3. The third-order valence-electron chi connectivity index (χ3n) is 5.70. The zero-order chi connectivity index (χ0) is 21.9. The van der Waals surface area contributed by atoms with Crippen molar-refractivity contribution in [3.05, 3.63) is 69.3 Å². The predicted octanol–water partition coefficient (Wildman–Crippen LogP) is 5.62. The fraction of sp³-hybridized carbons (Fsp3) is 0.261. The highest BCUT2D eigenvalue weighted by Crippen LogP contribution is 2.46. The third-order valence-corrected chi connectivity index (χ3v) is 6.43. The van der Waals surface area contributed by atoms with E-state index >= 15 is 0 Å². The lowest BCUT2D eigenvalue weighted by Gasteiger charge is -2.38. The molecule has 0 radical (unpaired) electrons. The van der Waals surface area contributed by atoms with E-state index in [9.17, 15) is 9.90 Å². The molecule has 1 unspecified atom stereocenters. The first-order valence-electron chi connectivity index (χ1n) is 9.96. The molecule has 31 heavy (non-hydrogen) atoms. The van der Waals surface area contributed by atoms with Gasteiger partial charge in [0.2, 0.25) is 5.95 Å². The molecular formula is C23H20Cl2N4O2. The summed E-state index contributed by atoms with van der Waals surface area (Å²) in [6, 6.07) is 11.7. The van der Waals surface area contributed by atoms with Crippen molar-refractivity contribution in [2.24, 2.45) is 5.41 Å². The van der Waals surface area contributed by atoms with Crippen LogP contribution >= 0.6 is 23.2 Å². The number of nitrogens with zero attached hydrogens (tertiary/aromatic N) is 3. The summed E-state index contributed by atoms with van der Waals surface area (Å²) in [4.78, 5) is 17.9. The Morgan fingerprint density at radius 2 is 1.94 bits per heavy atom. The Morgan fingerprint density at radius 1 is 1.13 bits per heavy atom. The second-order valence-electron chi connectivity index (χ2n) is 8.79. The topological polar surface area (TPSA) is 80.0 Å². The minimum Gasteiger partial charge on any atom is -0.508 e. The summed E-state index contributed by atoms with van der Waals surface area (Å²) in [6.45, 7) is 4.17. The quantitative estimate of drug-likeness (QED) is 0.525. The molecule has 1 aromatic heterocycles. The summed E-state index contributed by atoms with van der Waals surface area (Å²) in [5.41, 5.74) is 2.88. The highest BCUT2D eigenvalue weighted by Gasteiger charge is 2.42. The number of phenols is 1. The number of halogens is 2. The molecule has 8 heteroatoms. The van der Waals surface area contributed by atoms with Gasteiger partial charge < -0.3 is 10.4 Å². The Labute approximate surface area is 189 Å². The van der Waals surface area contributed by atoms with Gasteiger partial charge in [0.1, 0.15) is 11.8 Å². The van der Waals surface area contributed by atoms with Gasteiger partial charge in [0, 0.05) is 23.3 Å². The van der Waals surface area contributed by atoms with Crippen LogP contribution in [-0.4, -0.2) is 25.7 Å². The fourth-order valence-electron chi connectivity index (χ4n) is 4.37. The van der Waals surface area contributed by atoms with Crippen LogP contribution in [0.3, 0.4) is 0 Å². The Kier molecular flexibility index (Phi) is 4.61. The minimum absolute atomic E-state index is 0.0786. The summed E-state index contributed by atoms with van der Waals surface area (Å²) in [5.74, 6) is 1.21. The Balaban J connectivity index is 1.70. The van der Waals surface area contributed by atoms with Crippen LogP contribution in [0.25, 0.3) is 11.4 Å². The van der Waals surface area contributed by atoms with Gasteiger partial charge in [-0.1, -0.05) is 55.2 Å². The second-order valence-corrected chi connectivity index (χ2v) is 9.60. The molecule has 158 valence electrons. The molecule has 2 heterocycles. The molecule has 0 amide bonds. The molecule has 2 aromatic carbocycles. The molecule has 0 saturated carbocycles. The summed E-state index contributed by atoms with van der Waals surface area (Å²) in [5, 5.41) is 18.8. The van der Waals surface area contributed by atoms with Gasteiger partial charge in [-0.05, 0) is 41.7 Å². The number of aromatic hydroxyl groups is 1. The number of aromatic nitrogens is 3. The number of hydrogen-bond acceptors (Lipinski definition) is 5. The average molecular weight is 455 g/mol. The third kappa shape index (κ3) is 3.50. The van der Waals surface area contributed by atoms with E-state index in [0.29, 0.717) is 39.4 Å². The summed E-state index contributed by atoms with van der Waals surface area (Å²) < 4.78 is 1.72. The number of anilines is 1. The van der Waals surface area contributed by atoms with E-state index in [4.69, 9.17) is 28.3 Å². The van der Waals surface area contributed by atoms with Gasteiger partial charge in [-0.15, -0.1) is 5.10 Å². The van der Waals surface area contributed by atoms with Gasteiger partial charge in [-0.25, -0.2) is 4.68 Å². The molecule has 3 aromatic rings. The van der Waals surface area contributed by atoms with E-state index < -0.39 is 6.04 Å². The van der Waals surface area contributed by atoms with Gasteiger partial charge in [-0.2, -0.15) is 4.98 Å². The second kappa shape index (κ2) is 7.11. The van der Waals surface area contributed by atoms with Crippen molar-refractivity contribution in [2.45, 2.75) is 32.7 Å². The van der Waals surface area contributed by atoms with E-state index in [1.54, 1.807) is 35.0 Å². The number of rotatable bonds is 2. The number of nitrogens with one attached hydrogen (secondary N) is 1. The van der Waals surface area contributed by atoms with Crippen molar-refractivity contribution in [3.8, 4) is 17.1 Å². The maximum Gasteiger partial charge on any atom is 0.226 e. The monoisotopic (exact) mass is 454 g/mol. The van der Waals surface area contributed by atoms with Gasteiger partial charge in [-0.3, -0.25) is 4.79 Å². The van der Waals surface area contributed by atoms with Gasteiger partial charge in [0.25, 0.3) is 0 Å². The first-order valence-corrected chi connectivity index (χ1v) is 10.7. The normalized spacial score (nSPS) is 19.6. The fourth-order valence-corrected chi connectivity index (χ4v) is 4.67. The molecule has 0 bridgehead atoms. The Hall–Kier alpha value is -2.83. The van der Waals surface area contributed by atoms with E-state index in [1.165, 1.54) is 0 Å². The van der Waals surface area contributed by atoms with Crippen LogP contribution in [0.15, 0.2) is 53.7 Å². The SMILES string of the molecule is CC1(C)CC(=O)C2=C(C1)Nc1nc(-c3cccc(O)c3)nn1C2c1ccc(Cl)c(Cl)c1. The molecule has 1 atom stereocenters. The van der Waals surface area contributed by atoms with Crippen molar-refractivity contribution < 1.29 is 9.90 Å². The van der Waals surface area contributed by atoms with Gasteiger partial charge in [0.05, 0.1) is 10.0 Å². The van der Waals surface area contributed by atoms with E-state index in [2.05, 4.69) is 24.1 Å². The number of ketones is 1. The van der Waals surface area contributed by atoms with Crippen LogP contribution in [0.1, 0.15) is 38.3 Å². The summed E-state index contributed by atoms with van der Waals surface area (Å²) in [7, 11) is 0. The van der Waals surface area contributed by atoms with E-state index in [0.717, 1.165) is 17.7 Å². The van der Waals surface area contributed by atoms with Crippen LogP contribution in [0.4, 0.5) is 5.95 Å². The van der Waals surface area contributed by atoms with E-state index in [-0.39, 0.29) is 16.9 Å². The maximum atomic E-state index is 13.3.